The Hall–Kier alpha value is -2.29. The van der Waals surface area contributed by atoms with Crippen LogP contribution in [0.1, 0.15) is 25.8 Å². The van der Waals surface area contributed by atoms with Gasteiger partial charge >= 0.3 is 0 Å². The van der Waals surface area contributed by atoms with Crippen molar-refractivity contribution in [3.05, 3.63) is 54.1 Å². The summed E-state index contributed by atoms with van der Waals surface area (Å²) in [4.78, 5) is 4.75. The summed E-state index contributed by atoms with van der Waals surface area (Å²) in [6, 6.07) is 16.7. The van der Waals surface area contributed by atoms with E-state index in [1.54, 1.807) is 0 Å². The summed E-state index contributed by atoms with van der Waals surface area (Å²) in [5.74, 6) is 0.930. The van der Waals surface area contributed by atoms with Crippen LogP contribution in [0.3, 0.4) is 0 Å². The molecule has 0 atom stereocenters. The van der Waals surface area contributed by atoms with Crippen molar-refractivity contribution in [1.82, 2.24) is 9.55 Å². The summed E-state index contributed by atoms with van der Waals surface area (Å²) in [5.41, 5.74) is 4.69. The molecule has 2 aromatic carbocycles. The van der Waals surface area contributed by atoms with E-state index >= 15 is 0 Å². The van der Waals surface area contributed by atoms with Crippen LogP contribution in [0.2, 0.25) is 0 Å². The van der Waals surface area contributed by atoms with Gasteiger partial charge in [-0.25, -0.2) is 4.98 Å². The highest BCUT2D eigenvalue weighted by atomic mass is 15.2. The largest absolute Gasteiger partial charge is 0.325 e. The summed E-state index contributed by atoms with van der Waals surface area (Å²) < 4.78 is 2.27. The number of fused-ring (bicyclic) bond motifs is 1. The maximum atomic E-state index is 4.75. The molecule has 0 radical (unpaired) electrons. The minimum atomic E-state index is 0.930. The summed E-state index contributed by atoms with van der Waals surface area (Å²) in [6.07, 6.45) is 2.10. The van der Waals surface area contributed by atoms with Gasteiger partial charge in [-0.15, -0.1) is 0 Å². The molecule has 3 aromatic rings. The van der Waals surface area contributed by atoms with Crippen LogP contribution >= 0.6 is 0 Å². The van der Waals surface area contributed by atoms with Crippen molar-refractivity contribution in [2.45, 2.75) is 33.2 Å². The number of aromatic nitrogens is 2. The Balaban J connectivity index is 2.05. The van der Waals surface area contributed by atoms with E-state index < -0.39 is 0 Å². The fourth-order valence-electron chi connectivity index (χ4n) is 2.69. The van der Waals surface area contributed by atoms with Crippen molar-refractivity contribution in [2.24, 2.45) is 0 Å². The number of para-hydroxylation sites is 3. The van der Waals surface area contributed by atoms with Gasteiger partial charge in [0.15, 0.2) is 0 Å². The quantitative estimate of drug-likeness (QED) is 0.730. The second-order valence-electron chi connectivity index (χ2n) is 5.21. The number of anilines is 2. The number of hydrogen-bond acceptors (Lipinski definition) is 2. The molecule has 1 N–H and O–H groups in total. The Labute approximate surface area is 125 Å². The Morgan fingerprint density at radius 3 is 2.57 bits per heavy atom. The van der Waals surface area contributed by atoms with Crippen molar-refractivity contribution in [1.29, 1.82) is 0 Å². The lowest BCUT2D eigenvalue weighted by atomic mass is 10.1. The predicted octanol–water partition coefficient (Wildman–Crippen LogP) is 4.75. The van der Waals surface area contributed by atoms with Gasteiger partial charge in [0.2, 0.25) is 5.95 Å². The van der Waals surface area contributed by atoms with Crippen LogP contribution in [0.15, 0.2) is 48.5 Å². The van der Waals surface area contributed by atoms with Gasteiger partial charge in [-0.2, -0.15) is 0 Å². The van der Waals surface area contributed by atoms with Crippen LogP contribution in [0, 0.1) is 0 Å². The van der Waals surface area contributed by atoms with Gasteiger partial charge in [-0.1, -0.05) is 44.2 Å². The summed E-state index contributed by atoms with van der Waals surface area (Å²) in [7, 11) is 0. The Morgan fingerprint density at radius 2 is 1.76 bits per heavy atom. The van der Waals surface area contributed by atoms with Gasteiger partial charge in [0.1, 0.15) is 0 Å². The van der Waals surface area contributed by atoms with Gasteiger partial charge < -0.3 is 9.88 Å². The molecule has 0 fully saturated rings. The van der Waals surface area contributed by atoms with Crippen molar-refractivity contribution in [3.63, 3.8) is 0 Å². The van der Waals surface area contributed by atoms with Gasteiger partial charge in [0.05, 0.1) is 11.0 Å². The molecule has 0 aliphatic carbocycles. The van der Waals surface area contributed by atoms with Crippen LogP contribution in [-0.4, -0.2) is 9.55 Å². The third-order valence-electron chi connectivity index (χ3n) is 3.75. The van der Waals surface area contributed by atoms with Crippen molar-refractivity contribution < 1.29 is 0 Å². The fourth-order valence-corrected chi connectivity index (χ4v) is 2.69. The zero-order chi connectivity index (χ0) is 14.7. The Morgan fingerprint density at radius 1 is 1.00 bits per heavy atom. The van der Waals surface area contributed by atoms with E-state index in [2.05, 4.69) is 66.2 Å². The Bertz CT molecular complexity index is 743. The first-order valence-electron chi connectivity index (χ1n) is 7.63. The molecule has 1 heterocycles. The average molecular weight is 279 g/mol. The molecular weight excluding hydrogens is 258 g/mol. The molecule has 0 saturated heterocycles. The molecule has 1 aromatic heterocycles. The number of rotatable bonds is 5. The van der Waals surface area contributed by atoms with Gasteiger partial charge in [0.25, 0.3) is 0 Å². The molecule has 21 heavy (non-hydrogen) atoms. The summed E-state index contributed by atoms with van der Waals surface area (Å²) >= 11 is 0. The first-order valence-corrected chi connectivity index (χ1v) is 7.63. The zero-order valence-electron chi connectivity index (χ0n) is 12.6. The first kappa shape index (κ1) is 13.7. The summed E-state index contributed by atoms with van der Waals surface area (Å²) in [6.45, 7) is 5.34. The smallest absolute Gasteiger partial charge is 0.208 e. The second kappa shape index (κ2) is 6.00. The molecule has 0 saturated carbocycles. The highest BCUT2D eigenvalue weighted by molar-refractivity contribution is 5.79. The van der Waals surface area contributed by atoms with Crippen molar-refractivity contribution >= 4 is 22.7 Å². The van der Waals surface area contributed by atoms with Gasteiger partial charge in [-0.05, 0) is 36.6 Å². The van der Waals surface area contributed by atoms with Gasteiger partial charge in [-0.3, -0.25) is 0 Å². The van der Waals surface area contributed by atoms with Crippen LogP contribution in [-0.2, 0) is 13.0 Å². The number of benzene rings is 2. The van der Waals surface area contributed by atoms with Crippen LogP contribution in [0.5, 0.6) is 0 Å². The minimum Gasteiger partial charge on any atom is -0.325 e. The number of nitrogens with zero attached hydrogens (tertiary/aromatic N) is 2. The second-order valence-corrected chi connectivity index (χ2v) is 5.21. The van der Waals surface area contributed by atoms with E-state index in [9.17, 15) is 0 Å². The molecule has 3 rings (SSSR count). The lowest BCUT2D eigenvalue weighted by Crippen LogP contribution is -2.04. The van der Waals surface area contributed by atoms with Crippen molar-refractivity contribution in [2.75, 3.05) is 5.32 Å². The van der Waals surface area contributed by atoms with E-state index in [-0.39, 0.29) is 0 Å². The highest BCUT2D eigenvalue weighted by Gasteiger charge is 2.10. The normalized spacial score (nSPS) is 11.0. The van der Waals surface area contributed by atoms with Crippen LogP contribution < -0.4 is 5.32 Å². The van der Waals surface area contributed by atoms with Crippen molar-refractivity contribution in [3.8, 4) is 0 Å². The van der Waals surface area contributed by atoms with E-state index in [1.807, 2.05) is 6.07 Å². The third-order valence-corrected chi connectivity index (χ3v) is 3.75. The maximum Gasteiger partial charge on any atom is 0.208 e. The zero-order valence-corrected chi connectivity index (χ0v) is 12.6. The monoisotopic (exact) mass is 279 g/mol. The molecule has 0 amide bonds. The lowest BCUT2D eigenvalue weighted by molar-refractivity contribution is 0.705. The molecule has 3 nitrogen and oxygen atoms in total. The Kier molecular flexibility index (Phi) is 3.91. The molecule has 3 heteroatoms. The summed E-state index contributed by atoms with van der Waals surface area (Å²) in [5, 5.41) is 3.52. The SMILES string of the molecule is CCCn1c(Nc2ccccc2CC)nc2ccccc21. The van der Waals surface area contributed by atoms with E-state index in [4.69, 9.17) is 4.98 Å². The number of nitrogens with one attached hydrogen (secondary N) is 1. The molecule has 0 unspecified atom stereocenters. The molecule has 0 aliphatic heterocycles. The first-order chi connectivity index (χ1) is 10.3. The number of aryl methyl sites for hydroxylation is 2. The van der Waals surface area contributed by atoms with Crippen LogP contribution in [0.4, 0.5) is 11.6 Å². The topological polar surface area (TPSA) is 29.9 Å². The van der Waals surface area contributed by atoms with E-state index in [0.29, 0.717) is 0 Å². The number of imidazole rings is 1. The van der Waals surface area contributed by atoms with Gasteiger partial charge in [0, 0.05) is 12.2 Å². The van der Waals surface area contributed by atoms with E-state index in [1.165, 1.54) is 11.1 Å². The minimum absolute atomic E-state index is 0.930. The molecule has 0 bridgehead atoms. The molecular formula is C18H21N3. The molecule has 0 spiro atoms. The molecule has 108 valence electrons. The third kappa shape index (κ3) is 2.64. The van der Waals surface area contributed by atoms with E-state index in [0.717, 1.165) is 36.5 Å². The fraction of sp³-hybridized carbons (Fsp3) is 0.278. The van der Waals surface area contributed by atoms with Crippen LogP contribution in [0.25, 0.3) is 11.0 Å². The average Bonchev–Trinajstić information content (AvgIpc) is 2.86. The predicted molar refractivity (Wildman–Crippen MR) is 89.1 cm³/mol. The lowest BCUT2D eigenvalue weighted by Gasteiger charge is -2.12. The number of hydrogen-bond donors (Lipinski definition) is 1. The standard InChI is InChI=1S/C18H21N3/c1-3-13-21-17-12-8-7-11-16(17)20-18(21)19-15-10-6-5-9-14(15)4-2/h5-12H,3-4,13H2,1-2H3,(H,19,20). The maximum absolute atomic E-state index is 4.75. The molecule has 0 aliphatic rings. The highest BCUT2D eigenvalue weighted by Crippen LogP contribution is 2.25.